The molecule has 0 saturated heterocycles. The molecule has 0 aliphatic heterocycles. The largest absolute Gasteiger partial charge is 0.508 e. The van der Waals surface area contributed by atoms with E-state index in [9.17, 15) is 4.79 Å². The Bertz CT molecular complexity index is 1020. The Balaban J connectivity index is 0.000000458. The first-order chi connectivity index (χ1) is 16.9. The topological polar surface area (TPSA) is 208 Å². The normalized spacial score (nSPS) is 9.83. The monoisotopic (exact) mass is 522 g/mol. The van der Waals surface area contributed by atoms with E-state index in [1.807, 2.05) is 6.92 Å². The molecular formula is C25H35ClN4O6. The standard InChI is InChI=1S/C8H9NO2.C6H6ClNO.C6H7NO.C5H13NO2/c1-6(10)9-7-2-4-8(11)5-3-7;7-4-1-2-6(9)5(8)3-4;7-5-3-1-2-4-6(5)8;1-2-5(6,3-7)4-8/h2-5,11H,1H3,(H,9,10);1-3,9H,8H2;1-4,8H,7H2;7-8H,2-4,6H2,1H3. The molecular weight excluding hydrogens is 488 g/mol. The third-order valence-electron chi connectivity index (χ3n) is 4.45. The smallest absolute Gasteiger partial charge is 0.221 e. The Kier molecular flexibility index (Phi) is 15.1. The number of aliphatic hydroxyl groups is 2. The van der Waals surface area contributed by atoms with Crippen LogP contribution in [0.1, 0.15) is 20.3 Å². The second kappa shape index (κ2) is 16.8. The highest BCUT2D eigenvalue weighted by molar-refractivity contribution is 6.30. The maximum atomic E-state index is 10.5. The summed E-state index contributed by atoms with van der Waals surface area (Å²) >= 11 is 5.53. The van der Waals surface area contributed by atoms with Crippen LogP contribution >= 0.6 is 11.6 Å². The molecule has 0 aliphatic rings. The lowest BCUT2D eigenvalue weighted by Crippen LogP contribution is -2.46. The summed E-state index contributed by atoms with van der Waals surface area (Å²) in [5.41, 5.74) is 16.6. The number of para-hydroxylation sites is 2. The van der Waals surface area contributed by atoms with E-state index in [2.05, 4.69) is 5.32 Å². The number of halogens is 1. The van der Waals surface area contributed by atoms with Gasteiger partial charge in [-0.2, -0.15) is 0 Å². The molecule has 12 N–H and O–H groups in total. The Morgan fingerprint density at radius 1 is 0.889 bits per heavy atom. The van der Waals surface area contributed by atoms with Crippen LogP contribution in [0.2, 0.25) is 5.02 Å². The molecule has 0 unspecified atom stereocenters. The van der Waals surface area contributed by atoms with Gasteiger partial charge in [0.15, 0.2) is 0 Å². The number of rotatable bonds is 4. The number of phenols is 3. The number of nitrogen functional groups attached to an aromatic ring is 2. The number of aliphatic hydroxyl groups excluding tert-OH is 2. The van der Waals surface area contributed by atoms with Crippen LogP contribution in [-0.4, -0.2) is 50.2 Å². The van der Waals surface area contributed by atoms with Crippen molar-refractivity contribution in [2.75, 3.05) is 30.0 Å². The molecule has 0 saturated carbocycles. The van der Waals surface area contributed by atoms with Crippen molar-refractivity contribution < 1.29 is 30.3 Å². The Morgan fingerprint density at radius 2 is 1.42 bits per heavy atom. The van der Waals surface area contributed by atoms with Gasteiger partial charge in [0.1, 0.15) is 17.2 Å². The molecule has 10 nitrogen and oxygen atoms in total. The fourth-order valence-electron chi connectivity index (χ4n) is 2.03. The third kappa shape index (κ3) is 13.9. The first kappa shape index (κ1) is 32.3. The number of carbonyl (C=O) groups is 1. The first-order valence-corrected chi connectivity index (χ1v) is 11.1. The van der Waals surface area contributed by atoms with Gasteiger partial charge >= 0.3 is 0 Å². The molecule has 0 radical (unpaired) electrons. The molecule has 3 aromatic rings. The molecule has 0 aromatic heterocycles. The van der Waals surface area contributed by atoms with E-state index in [1.54, 1.807) is 42.5 Å². The molecule has 3 rings (SSSR count). The summed E-state index contributed by atoms with van der Waals surface area (Å²) in [5.74, 6) is 0.293. The van der Waals surface area contributed by atoms with Gasteiger partial charge in [-0.3, -0.25) is 4.79 Å². The fraction of sp³-hybridized carbons (Fsp3) is 0.240. The van der Waals surface area contributed by atoms with Crippen molar-refractivity contribution in [1.29, 1.82) is 0 Å². The Labute approximate surface area is 215 Å². The zero-order valence-corrected chi connectivity index (χ0v) is 21.0. The predicted molar refractivity (Wildman–Crippen MR) is 144 cm³/mol. The minimum Gasteiger partial charge on any atom is -0.508 e. The minimum atomic E-state index is -0.764. The number of benzene rings is 3. The summed E-state index contributed by atoms with van der Waals surface area (Å²) < 4.78 is 0. The minimum absolute atomic E-state index is 0.0689. The van der Waals surface area contributed by atoms with Crippen molar-refractivity contribution in [3.05, 3.63) is 71.8 Å². The zero-order valence-electron chi connectivity index (χ0n) is 20.2. The van der Waals surface area contributed by atoms with Crippen molar-refractivity contribution in [2.45, 2.75) is 25.8 Å². The molecule has 3 aromatic carbocycles. The van der Waals surface area contributed by atoms with E-state index in [0.29, 0.717) is 28.5 Å². The number of amides is 1. The molecule has 198 valence electrons. The van der Waals surface area contributed by atoms with Crippen LogP contribution in [0.3, 0.4) is 0 Å². The SMILES string of the molecule is CC(=O)Nc1ccc(O)cc1.CCC(N)(CO)CO.Nc1cc(Cl)ccc1O.Nc1ccccc1O. The Hall–Kier alpha value is -3.70. The Morgan fingerprint density at radius 3 is 1.75 bits per heavy atom. The lowest BCUT2D eigenvalue weighted by atomic mass is 10.0. The predicted octanol–water partition coefficient (Wildman–Crippen LogP) is 3.03. The van der Waals surface area contributed by atoms with Crippen LogP contribution in [0.5, 0.6) is 17.2 Å². The van der Waals surface area contributed by atoms with Gasteiger partial charge < -0.3 is 48.1 Å². The van der Waals surface area contributed by atoms with E-state index in [1.165, 1.54) is 31.2 Å². The fourth-order valence-corrected chi connectivity index (χ4v) is 2.22. The molecule has 0 spiro atoms. The summed E-state index contributed by atoms with van der Waals surface area (Å²) in [6, 6.07) is 17.5. The first-order valence-electron chi connectivity index (χ1n) is 10.7. The second-order valence-corrected chi connectivity index (χ2v) is 7.96. The van der Waals surface area contributed by atoms with Gasteiger partial charge in [-0.1, -0.05) is 30.7 Å². The van der Waals surface area contributed by atoms with E-state index < -0.39 is 5.54 Å². The molecule has 0 heterocycles. The summed E-state index contributed by atoms with van der Waals surface area (Å²) in [4.78, 5) is 10.5. The molecule has 0 atom stereocenters. The summed E-state index contributed by atoms with van der Waals surface area (Å²) in [6.07, 6.45) is 0.597. The van der Waals surface area contributed by atoms with Crippen LogP contribution < -0.4 is 22.5 Å². The highest BCUT2D eigenvalue weighted by atomic mass is 35.5. The van der Waals surface area contributed by atoms with E-state index in [4.69, 9.17) is 54.3 Å². The molecule has 0 fully saturated rings. The number of aromatic hydroxyl groups is 3. The third-order valence-corrected chi connectivity index (χ3v) is 4.68. The maximum absolute atomic E-state index is 10.5. The summed E-state index contributed by atoms with van der Waals surface area (Å²) in [5, 5.41) is 46.6. The number of nitrogens with two attached hydrogens (primary N) is 3. The summed E-state index contributed by atoms with van der Waals surface area (Å²) in [7, 11) is 0. The van der Waals surface area contributed by atoms with Crippen molar-refractivity contribution >= 4 is 34.6 Å². The number of nitrogens with one attached hydrogen (secondary N) is 1. The molecule has 36 heavy (non-hydrogen) atoms. The van der Waals surface area contributed by atoms with Crippen molar-refractivity contribution in [3.8, 4) is 17.2 Å². The van der Waals surface area contributed by atoms with Gasteiger partial charge in [-0.25, -0.2) is 0 Å². The number of anilines is 3. The van der Waals surface area contributed by atoms with Gasteiger partial charge in [-0.05, 0) is 61.0 Å². The number of carbonyl (C=O) groups excluding carboxylic acids is 1. The highest BCUT2D eigenvalue weighted by Crippen LogP contribution is 2.22. The van der Waals surface area contributed by atoms with Crippen LogP contribution in [0, 0.1) is 0 Å². The van der Waals surface area contributed by atoms with Crippen LogP contribution in [0.4, 0.5) is 17.1 Å². The van der Waals surface area contributed by atoms with Crippen LogP contribution in [-0.2, 0) is 4.79 Å². The van der Waals surface area contributed by atoms with E-state index >= 15 is 0 Å². The highest BCUT2D eigenvalue weighted by Gasteiger charge is 2.19. The van der Waals surface area contributed by atoms with Crippen molar-refractivity contribution in [3.63, 3.8) is 0 Å². The number of phenolic OH excluding ortho intramolecular Hbond substituents is 3. The van der Waals surface area contributed by atoms with Crippen molar-refractivity contribution in [1.82, 2.24) is 0 Å². The quantitative estimate of drug-likeness (QED) is 0.140. The molecule has 11 heteroatoms. The van der Waals surface area contributed by atoms with E-state index in [-0.39, 0.29) is 36.4 Å². The van der Waals surface area contributed by atoms with Crippen molar-refractivity contribution in [2.24, 2.45) is 5.73 Å². The van der Waals surface area contributed by atoms with Gasteiger partial charge in [0, 0.05) is 17.6 Å². The average Bonchev–Trinajstić information content (AvgIpc) is 2.85. The molecule has 1 amide bonds. The lowest BCUT2D eigenvalue weighted by Gasteiger charge is -2.21. The van der Waals surface area contributed by atoms with Gasteiger partial charge in [0.05, 0.1) is 30.1 Å². The van der Waals surface area contributed by atoms with E-state index in [0.717, 1.165) is 0 Å². The van der Waals surface area contributed by atoms with Crippen LogP contribution in [0.25, 0.3) is 0 Å². The number of hydrogen-bond acceptors (Lipinski definition) is 9. The number of hydrogen-bond donors (Lipinski definition) is 9. The summed E-state index contributed by atoms with van der Waals surface area (Å²) in [6.45, 7) is 2.96. The molecule has 0 aliphatic carbocycles. The van der Waals surface area contributed by atoms with Crippen LogP contribution in [0.15, 0.2) is 66.7 Å². The second-order valence-electron chi connectivity index (χ2n) is 7.52. The van der Waals surface area contributed by atoms with Gasteiger partial charge in [0.2, 0.25) is 5.91 Å². The lowest BCUT2D eigenvalue weighted by molar-refractivity contribution is -0.114. The maximum Gasteiger partial charge on any atom is 0.221 e. The molecule has 0 bridgehead atoms. The van der Waals surface area contributed by atoms with Gasteiger partial charge in [-0.15, -0.1) is 0 Å². The zero-order chi connectivity index (χ0) is 27.7. The van der Waals surface area contributed by atoms with Gasteiger partial charge in [0.25, 0.3) is 0 Å². The average molecular weight is 523 g/mol.